The Kier molecular flexibility index (Phi) is 2.99. The van der Waals surface area contributed by atoms with Gasteiger partial charge in [-0.3, -0.25) is 0 Å². The van der Waals surface area contributed by atoms with E-state index in [1.165, 1.54) is 0 Å². The molecule has 0 radical (unpaired) electrons. The van der Waals surface area contributed by atoms with E-state index in [0.717, 1.165) is 0 Å². The first-order valence-corrected chi connectivity index (χ1v) is 3.54. The molecule has 0 aromatic carbocycles. The minimum atomic E-state index is -1.82. The Morgan fingerprint density at radius 1 is 1.08 bits per heavy atom. The van der Waals surface area contributed by atoms with Crippen LogP contribution in [-0.2, 0) is 4.74 Å². The monoisotopic (exact) mass is 179 g/mol. The van der Waals surface area contributed by atoms with Crippen LogP contribution < -0.4 is 5.11 Å². The van der Waals surface area contributed by atoms with Gasteiger partial charge in [-0.05, 0) is 0 Å². The fraction of sp³-hybridized carbons (Fsp3) is 1.00. The number of aliphatic hydroxyl groups excluding tert-OH is 4. The van der Waals surface area contributed by atoms with Gasteiger partial charge in [0.2, 0.25) is 0 Å². The quantitative estimate of drug-likeness (QED) is 0.328. The minimum absolute atomic E-state index is 0.566. The molecule has 5 atom stereocenters. The maximum Gasteiger partial charge on any atom is 0.111 e. The van der Waals surface area contributed by atoms with Crippen molar-refractivity contribution in [1.29, 1.82) is 0 Å². The summed E-state index contributed by atoms with van der Waals surface area (Å²) in [7, 11) is 0. The van der Waals surface area contributed by atoms with Gasteiger partial charge in [-0.2, -0.15) is 0 Å². The summed E-state index contributed by atoms with van der Waals surface area (Å²) in [6.07, 6.45) is -7.57. The number of rotatable bonds is 1. The summed E-state index contributed by atoms with van der Waals surface area (Å²) in [5.74, 6) is 0. The Balaban J connectivity index is 2.63. The van der Waals surface area contributed by atoms with Crippen LogP contribution in [0.4, 0.5) is 0 Å². The Morgan fingerprint density at radius 2 is 1.67 bits per heavy atom. The van der Waals surface area contributed by atoms with Crippen LogP contribution in [0.1, 0.15) is 0 Å². The third kappa shape index (κ3) is 1.58. The van der Waals surface area contributed by atoms with Gasteiger partial charge in [0.15, 0.2) is 0 Å². The highest BCUT2D eigenvalue weighted by atomic mass is 16.6. The average molecular weight is 179 g/mol. The van der Waals surface area contributed by atoms with Crippen molar-refractivity contribution < 1.29 is 30.3 Å². The molecule has 6 nitrogen and oxygen atoms in total. The molecule has 6 heteroatoms. The van der Waals surface area contributed by atoms with Gasteiger partial charge in [0.1, 0.15) is 18.3 Å². The molecule has 4 N–H and O–H groups in total. The highest BCUT2D eigenvalue weighted by molar-refractivity contribution is 4.87. The number of hydrogen-bond donors (Lipinski definition) is 4. The van der Waals surface area contributed by atoms with Crippen molar-refractivity contribution in [3.63, 3.8) is 0 Å². The predicted octanol–water partition coefficient (Wildman–Crippen LogP) is -3.85. The minimum Gasteiger partial charge on any atom is -0.829 e. The van der Waals surface area contributed by atoms with E-state index >= 15 is 0 Å². The molecule has 0 aliphatic carbocycles. The Morgan fingerprint density at radius 3 is 2.17 bits per heavy atom. The molecule has 0 spiro atoms. The van der Waals surface area contributed by atoms with Gasteiger partial charge < -0.3 is 30.3 Å². The van der Waals surface area contributed by atoms with Crippen molar-refractivity contribution in [3.05, 3.63) is 0 Å². The fourth-order valence-electron chi connectivity index (χ4n) is 1.07. The lowest BCUT2D eigenvalue weighted by molar-refractivity contribution is -0.532. The molecule has 0 bridgehead atoms. The van der Waals surface area contributed by atoms with Gasteiger partial charge in [0.05, 0.1) is 12.7 Å². The number of hydrogen-bond acceptors (Lipinski definition) is 6. The third-order valence-corrected chi connectivity index (χ3v) is 1.85. The first-order valence-electron chi connectivity index (χ1n) is 3.54. The molecule has 1 aliphatic heterocycles. The summed E-state index contributed by atoms with van der Waals surface area (Å²) >= 11 is 0. The molecular weight excluding hydrogens is 168 g/mol. The van der Waals surface area contributed by atoms with Gasteiger partial charge in [-0.1, -0.05) is 0 Å². The van der Waals surface area contributed by atoms with Gasteiger partial charge in [0.25, 0.3) is 0 Å². The van der Waals surface area contributed by atoms with Crippen LogP contribution in [0, 0.1) is 0 Å². The topological polar surface area (TPSA) is 113 Å². The molecule has 0 saturated carbocycles. The highest BCUT2D eigenvalue weighted by Crippen LogP contribution is 2.17. The Labute approximate surface area is 68.6 Å². The van der Waals surface area contributed by atoms with Gasteiger partial charge in [0, 0.05) is 6.29 Å². The summed E-state index contributed by atoms with van der Waals surface area (Å²) in [6, 6.07) is 0. The van der Waals surface area contributed by atoms with Gasteiger partial charge in [-0.25, -0.2) is 0 Å². The Bertz CT molecular complexity index is 146. The van der Waals surface area contributed by atoms with Crippen LogP contribution in [-0.4, -0.2) is 57.7 Å². The standard InChI is InChI=1S/C6H11O6/c7-1-2-3(8)4(9)5(10)6(11)12-2/h2-10H,1H2/q-1/t2-,3-,4+,5-,6-/m1/s1. The summed E-state index contributed by atoms with van der Waals surface area (Å²) < 4.78 is 4.46. The molecule has 1 saturated heterocycles. The van der Waals surface area contributed by atoms with Gasteiger partial charge >= 0.3 is 0 Å². The van der Waals surface area contributed by atoms with Crippen molar-refractivity contribution in [2.75, 3.05) is 6.61 Å². The van der Waals surface area contributed by atoms with Crippen LogP contribution in [0.3, 0.4) is 0 Å². The second-order valence-electron chi connectivity index (χ2n) is 2.70. The molecule has 12 heavy (non-hydrogen) atoms. The zero-order valence-corrected chi connectivity index (χ0v) is 6.20. The third-order valence-electron chi connectivity index (χ3n) is 1.85. The lowest BCUT2D eigenvalue weighted by Gasteiger charge is -2.43. The summed E-state index contributed by atoms with van der Waals surface area (Å²) in [5.41, 5.74) is 0. The molecule has 0 aromatic heterocycles. The molecule has 0 aromatic rings. The molecule has 1 rings (SSSR count). The van der Waals surface area contributed by atoms with E-state index in [9.17, 15) is 5.11 Å². The molecule has 0 amide bonds. The SMILES string of the molecule is [O-][C@@H]1O[C@H](CO)[C@@H](O)[C@H](O)[C@H]1O. The van der Waals surface area contributed by atoms with Crippen LogP contribution in [0.15, 0.2) is 0 Å². The van der Waals surface area contributed by atoms with E-state index in [-0.39, 0.29) is 0 Å². The van der Waals surface area contributed by atoms with E-state index in [0.29, 0.717) is 0 Å². The normalized spacial score (nSPS) is 49.2. The second-order valence-corrected chi connectivity index (χ2v) is 2.70. The molecular formula is C6H11O6-. The van der Waals surface area contributed by atoms with E-state index < -0.39 is 37.3 Å². The smallest absolute Gasteiger partial charge is 0.111 e. The van der Waals surface area contributed by atoms with E-state index in [4.69, 9.17) is 20.4 Å². The molecule has 1 fully saturated rings. The van der Waals surface area contributed by atoms with E-state index in [2.05, 4.69) is 4.74 Å². The zero-order valence-electron chi connectivity index (χ0n) is 6.20. The van der Waals surface area contributed by atoms with E-state index in [1.54, 1.807) is 0 Å². The first kappa shape index (κ1) is 9.85. The fourth-order valence-corrected chi connectivity index (χ4v) is 1.07. The highest BCUT2D eigenvalue weighted by Gasteiger charge is 2.38. The van der Waals surface area contributed by atoms with Crippen molar-refractivity contribution in [1.82, 2.24) is 0 Å². The molecule has 1 aliphatic rings. The molecule has 1 heterocycles. The number of aliphatic hydroxyl groups is 4. The maximum atomic E-state index is 10.7. The largest absolute Gasteiger partial charge is 0.829 e. The van der Waals surface area contributed by atoms with Crippen LogP contribution in [0.5, 0.6) is 0 Å². The van der Waals surface area contributed by atoms with E-state index in [1.807, 2.05) is 0 Å². The molecule has 72 valence electrons. The van der Waals surface area contributed by atoms with Crippen LogP contribution in [0.25, 0.3) is 0 Å². The average Bonchev–Trinajstić information content (AvgIpc) is 2.08. The Hall–Kier alpha value is -0.240. The summed E-state index contributed by atoms with van der Waals surface area (Å²) in [5, 5.41) is 46.3. The number of ether oxygens (including phenoxy) is 1. The first-order chi connectivity index (χ1) is 5.57. The van der Waals surface area contributed by atoms with Gasteiger partial charge in [-0.15, -0.1) is 0 Å². The lowest BCUT2D eigenvalue weighted by atomic mass is 10.00. The van der Waals surface area contributed by atoms with Crippen LogP contribution >= 0.6 is 0 Å². The second kappa shape index (κ2) is 3.65. The van der Waals surface area contributed by atoms with Crippen molar-refractivity contribution in [2.45, 2.75) is 30.7 Å². The summed E-state index contributed by atoms with van der Waals surface area (Å²) in [6.45, 7) is -0.566. The maximum absolute atomic E-state index is 10.7. The molecule has 0 unspecified atom stereocenters. The predicted molar refractivity (Wildman–Crippen MR) is 33.8 cm³/mol. The summed E-state index contributed by atoms with van der Waals surface area (Å²) in [4.78, 5) is 0. The van der Waals surface area contributed by atoms with Crippen molar-refractivity contribution >= 4 is 0 Å². The van der Waals surface area contributed by atoms with Crippen LogP contribution in [0.2, 0.25) is 0 Å². The zero-order chi connectivity index (χ0) is 9.30. The van der Waals surface area contributed by atoms with Crippen molar-refractivity contribution in [3.8, 4) is 0 Å². The lowest BCUT2D eigenvalue weighted by Crippen LogP contribution is -2.62. The van der Waals surface area contributed by atoms with Crippen molar-refractivity contribution in [2.24, 2.45) is 0 Å².